The maximum absolute atomic E-state index is 13.6. The maximum atomic E-state index is 13.6. The van der Waals surface area contributed by atoms with Crippen LogP contribution in [0.3, 0.4) is 0 Å². The second kappa shape index (κ2) is 7.22. The van der Waals surface area contributed by atoms with E-state index >= 15 is 0 Å². The van der Waals surface area contributed by atoms with Crippen molar-refractivity contribution in [1.82, 2.24) is 10.2 Å². The normalized spacial score (nSPS) is 11.2. The lowest BCUT2D eigenvalue weighted by Crippen LogP contribution is -2.14. The van der Waals surface area contributed by atoms with Gasteiger partial charge in [0.05, 0.1) is 10.6 Å². The number of hydrogen-bond donors (Lipinski definition) is 2. The second-order valence-corrected chi connectivity index (χ2v) is 7.23. The Balaban J connectivity index is 1.74. The molecule has 0 fully saturated rings. The quantitative estimate of drug-likeness (QED) is 0.682. The van der Waals surface area contributed by atoms with Gasteiger partial charge >= 0.3 is 0 Å². The van der Waals surface area contributed by atoms with E-state index in [9.17, 15) is 17.2 Å². The number of nitrogens with one attached hydrogen (secondary N) is 2. The molecule has 0 aliphatic heterocycles. The number of hydrogen-bond acceptors (Lipinski definition) is 5. The van der Waals surface area contributed by atoms with Crippen molar-refractivity contribution in [2.24, 2.45) is 0 Å². The minimum Gasteiger partial charge on any atom is -0.336 e. The van der Waals surface area contributed by atoms with Gasteiger partial charge in [-0.3, -0.25) is 4.72 Å². The molecule has 0 spiro atoms. The van der Waals surface area contributed by atoms with Crippen LogP contribution < -0.4 is 10.0 Å². The first kappa shape index (κ1) is 18.0. The minimum absolute atomic E-state index is 0.00944. The molecule has 0 atom stereocenters. The fourth-order valence-electron chi connectivity index (χ4n) is 1.99. The average molecular weight is 397 g/mol. The van der Waals surface area contributed by atoms with Crippen LogP contribution in [0.15, 0.2) is 59.5 Å². The highest BCUT2D eigenvalue weighted by Crippen LogP contribution is 2.21. The van der Waals surface area contributed by atoms with Crippen molar-refractivity contribution >= 4 is 38.9 Å². The van der Waals surface area contributed by atoms with Gasteiger partial charge in [0.1, 0.15) is 11.6 Å². The molecular weight excluding hydrogens is 386 g/mol. The standard InChI is InChI=1S/C16H11ClF2N4O2S/c17-10-1-4-12(5-2-10)26(24,25)23-16-8-7-15(21-22-16)20-14-6-3-11(18)9-13(14)19/h1-9H,(H,20,21)(H,22,23). The van der Waals surface area contributed by atoms with Crippen LogP contribution in [0.1, 0.15) is 0 Å². The Labute approximate surface area is 152 Å². The molecule has 134 valence electrons. The third kappa shape index (κ3) is 4.24. The molecule has 0 radical (unpaired) electrons. The predicted molar refractivity (Wildman–Crippen MR) is 93.9 cm³/mol. The molecule has 0 amide bonds. The van der Waals surface area contributed by atoms with E-state index in [0.717, 1.165) is 12.1 Å². The highest BCUT2D eigenvalue weighted by Gasteiger charge is 2.15. The lowest BCUT2D eigenvalue weighted by molar-refractivity contribution is 0.586. The third-order valence-electron chi connectivity index (χ3n) is 3.22. The van der Waals surface area contributed by atoms with Crippen LogP contribution in [0.25, 0.3) is 0 Å². The first-order chi connectivity index (χ1) is 12.3. The van der Waals surface area contributed by atoms with E-state index in [1.807, 2.05) is 0 Å². The summed E-state index contributed by atoms with van der Waals surface area (Å²) in [5.41, 5.74) is 0.00944. The summed E-state index contributed by atoms with van der Waals surface area (Å²) >= 11 is 5.73. The summed E-state index contributed by atoms with van der Waals surface area (Å²) in [7, 11) is -3.85. The molecule has 0 saturated carbocycles. The fraction of sp³-hybridized carbons (Fsp3) is 0. The van der Waals surface area contributed by atoms with Crippen molar-refractivity contribution in [3.8, 4) is 0 Å². The van der Waals surface area contributed by atoms with Gasteiger partial charge in [-0.1, -0.05) is 11.6 Å². The molecule has 1 heterocycles. The minimum atomic E-state index is -3.85. The number of rotatable bonds is 5. The van der Waals surface area contributed by atoms with Crippen LogP contribution >= 0.6 is 11.6 Å². The summed E-state index contributed by atoms with van der Waals surface area (Å²) in [6.07, 6.45) is 0. The Hall–Kier alpha value is -2.78. The fourth-order valence-corrected chi connectivity index (χ4v) is 3.11. The van der Waals surface area contributed by atoms with Gasteiger partial charge in [0.2, 0.25) is 0 Å². The molecule has 0 saturated heterocycles. The Morgan fingerprint density at radius 1 is 0.885 bits per heavy atom. The smallest absolute Gasteiger partial charge is 0.263 e. The molecule has 2 N–H and O–H groups in total. The molecule has 0 bridgehead atoms. The number of benzene rings is 2. The summed E-state index contributed by atoms with van der Waals surface area (Å²) in [6.45, 7) is 0. The van der Waals surface area contributed by atoms with E-state index in [-0.39, 0.29) is 22.2 Å². The monoisotopic (exact) mass is 396 g/mol. The van der Waals surface area contributed by atoms with Gasteiger partial charge in [-0.2, -0.15) is 0 Å². The first-order valence-corrected chi connectivity index (χ1v) is 9.04. The summed E-state index contributed by atoms with van der Waals surface area (Å²) in [5, 5.41) is 10.5. The molecule has 6 nitrogen and oxygen atoms in total. The summed E-state index contributed by atoms with van der Waals surface area (Å²) in [5.74, 6) is -1.36. The van der Waals surface area contributed by atoms with Gasteiger partial charge in [-0.25, -0.2) is 17.2 Å². The van der Waals surface area contributed by atoms with Gasteiger partial charge in [0, 0.05) is 11.1 Å². The Kier molecular flexibility index (Phi) is 5.01. The lowest BCUT2D eigenvalue weighted by atomic mass is 10.3. The van der Waals surface area contributed by atoms with Gasteiger partial charge in [-0.05, 0) is 48.5 Å². The van der Waals surface area contributed by atoms with Crippen LogP contribution in [-0.4, -0.2) is 18.6 Å². The van der Waals surface area contributed by atoms with Gasteiger partial charge in [-0.15, -0.1) is 10.2 Å². The van der Waals surface area contributed by atoms with Crippen molar-refractivity contribution in [2.45, 2.75) is 4.90 Å². The van der Waals surface area contributed by atoms with Crippen LogP contribution in [0.2, 0.25) is 5.02 Å². The molecule has 10 heteroatoms. The summed E-state index contributed by atoms with van der Waals surface area (Å²) in [6, 6.07) is 11.4. The molecule has 1 aromatic heterocycles. The highest BCUT2D eigenvalue weighted by atomic mass is 35.5. The Morgan fingerprint density at radius 2 is 1.54 bits per heavy atom. The second-order valence-electron chi connectivity index (χ2n) is 5.11. The van der Waals surface area contributed by atoms with Crippen molar-refractivity contribution in [3.63, 3.8) is 0 Å². The van der Waals surface area contributed by atoms with E-state index in [1.165, 1.54) is 42.5 Å². The number of aromatic nitrogens is 2. The van der Waals surface area contributed by atoms with Crippen LogP contribution in [0.4, 0.5) is 26.1 Å². The molecule has 3 aromatic rings. The Morgan fingerprint density at radius 3 is 2.15 bits per heavy atom. The average Bonchev–Trinajstić information content (AvgIpc) is 2.59. The largest absolute Gasteiger partial charge is 0.336 e. The number of nitrogens with zero attached hydrogens (tertiary/aromatic N) is 2. The van der Waals surface area contributed by atoms with Crippen molar-refractivity contribution < 1.29 is 17.2 Å². The van der Waals surface area contributed by atoms with Gasteiger partial charge in [0.25, 0.3) is 10.0 Å². The zero-order valence-electron chi connectivity index (χ0n) is 12.9. The van der Waals surface area contributed by atoms with Crippen LogP contribution in [0.5, 0.6) is 0 Å². The van der Waals surface area contributed by atoms with E-state index in [4.69, 9.17) is 11.6 Å². The lowest BCUT2D eigenvalue weighted by Gasteiger charge is -2.09. The molecule has 2 aromatic carbocycles. The van der Waals surface area contributed by atoms with Crippen molar-refractivity contribution in [1.29, 1.82) is 0 Å². The topological polar surface area (TPSA) is 84.0 Å². The molecule has 0 unspecified atom stereocenters. The third-order valence-corrected chi connectivity index (χ3v) is 4.84. The predicted octanol–water partition coefficient (Wildman–Crippen LogP) is 3.95. The molecule has 0 aliphatic carbocycles. The van der Waals surface area contributed by atoms with E-state index < -0.39 is 21.7 Å². The Bertz CT molecular complexity index is 1030. The van der Waals surface area contributed by atoms with Crippen molar-refractivity contribution in [2.75, 3.05) is 10.0 Å². The summed E-state index contributed by atoms with van der Waals surface area (Å²) in [4.78, 5) is 0.0132. The van der Waals surface area contributed by atoms with E-state index in [2.05, 4.69) is 20.2 Å². The molecular formula is C16H11ClF2N4O2S. The number of halogens is 3. The number of anilines is 3. The molecule has 0 aliphatic rings. The maximum Gasteiger partial charge on any atom is 0.263 e. The van der Waals surface area contributed by atoms with Crippen LogP contribution in [-0.2, 0) is 10.0 Å². The van der Waals surface area contributed by atoms with Crippen LogP contribution in [0, 0.1) is 11.6 Å². The molecule has 3 rings (SSSR count). The highest BCUT2D eigenvalue weighted by molar-refractivity contribution is 7.92. The zero-order chi connectivity index (χ0) is 18.7. The summed E-state index contributed by atoms with van der Waals surface area (Å²) < 4.78 is 53.2. The van der Waals surface area contributed by atoms with E-state index in [1.54, 1.807) is 0 Å². The van der Waals surface area contributed by atoms with Crippen molar-refractivity contribution in [3.05, 3.63) is 71.3 Å². The number of sulfonamides is 1. The van der Waals surface area contributed by atoms with E-state index in [0.29, 0.717) is 5.02 Å². The zero-order valence-corrected chi connectivity index (χ0v) is 14.5. The first-order valence-electron chi connectivity index (χ1n) is 7.18. The van der Waals surface area contributed by atoms with Gasteiger partial charge < -0.3 is 5.32 Å². The molecule has 26 heavy (non-hydrogen) atoms. The SMILES string of the molecule is O=S(=O)(Nc1ccc(Nc2ccc(F)cc2F)nn1)c1ccc(Cl)cc1. The van der Waals surface area contributed by atoms with Gasteiger partial charge in [0.15, 0.2) is 11.6 Å².